The maximum Gasteiger partial charge on any atom is 0.247 e. The van der Waals surface area contributed by atoms with Gasteiger partial charge in [0.05, 0.1) is 11.6 Å². The summed E-state index contributed by atoms with van der Waals surface area (Å²) in [4.78, 5) is 4.79. The smallest absolute Gasteiger partial charge is 0.247 e. The first-order valence-corrected chi connectivity index (χ1v) is 15.4. The van der Waals surface area contributed by atoms with Crippen molar-refractivity contribution in [2.45, 2.75) is 57.0 Å². The zero-order valence-electron chi connectivity index (χ0n) is 22.7. The van der Waals surface area contributed by atoms with E-state index in [4.69, 9.17) is 19.2 Å². The Labute approximate surface area is 248 Å². The number of ether oxygens (including phenoxy) is 3. The predicted molar refractivity (Wildman–Crippen MR) is 163 cm³/mol. The van der Waals surface area contributed by atoms with Crippen molar-refractivity contribution < 1.29 is 14.2 Å². The molecule has 1 N–H and O–H groups in total. The Bertz CT molecular complexity index is 1420. The number of rotatable bonds is 12. The summed E-state index contributed by atoms with van der Waals surface area (Å²) < 4.78 is 19.1. The van der Waals surface area contributed by atoms with Gasteiger partial charge in [-0.3, -0.25) is 0 Å². The fourth-order valence-corrected chi connectivity index (χ4v) is 5.84. The van der Waals surface area contributed by atoms with Crippen molar-refractivity contribution in [2.75, 3.05) is 18.2 Å². The Kier molecular flexibility index (Phi) is 9.78. The minimum atomic E-state index is -0.542. The standard InChI is InChI=1S/C31H33BrN4O3S/c1-3-4-5-6-12-17-40-31-34-30-27(35-36-31)23-15-10-11-16-25(23)33-29(39-30)22-18-24(32)28(26(19-22)37-2)38-20-21-13-8-7-9-14-21/h7-11,13-16,18-19,29,33H,3-6,12,17,20H2,1-2H3/t29-/m1/s1. The maximum atomic E-state index is 6.49. The molecule has 4 aromatic rings. The van der Waals surface area contributed by atoms with Crippen LogP contribution < -0.4 is 19.5 Å². The Morgan fingerprint density at radius 1 is 0.975 bits per heavy atom. The van der Waals surface area contributed by atoms with E-state index in [2.05, 4.69) is 38.4 Å². The van der Waals surface area contributed by atoms with Gasteiger partial charge >= 0.3 is 0 Å². The third-order valence-corrected chi connectivity index (χ3v) is 8.11. The summed E-state index contributed by atoms with van der Waals surface area (Å²) in [7, 11) is 1.63. The number of hydrogen-bond acceptors (Lipinski definition) is 8. The summed E-state index contributed by atoms with van der Waals surface area (Å²) in [6.07, 6.45) is 5.60. The number of anilines is 1. The lowest BCUT2D eigenvalue weighted by molar-refractivity contribution is 0.223. The Hall–Kier alpha value is -3.30. The zero-order chi connectivity index (χ0) is 27.7. The van der Waals surface area contributed by atoms with Gasteiger partial charge < -0.3 is 19.5 Å². The van der Waals surface area contributed by atoms with Gasteiger partial charge in [-0.25, -0.2) is 0 Å². The van der Waals surface area contributed by atoms with Crippen LogP contribution in [0, 0.1) is 0 Å². The average molecular weight is 622 g/mol. The van der Waals surface area contributed by atoms with Gasteiger partial charge in [0.25, 0.3) is 0 Å². The minimum Gasteiger partial charge on any atom is -0.493 e. The van der Waals surface area contributed by atoms with Crippen LogP contribution in [0.1, 0.15) is 56.4 Å². The van der Waals surface area contributed by atoms with Crippen molar-refractivity contribution in [3.8, 4) is 28.6 Å². The molecular formula is C31H33BrN4O3S. The number of unbranched alkanes of at least 4 members (excludes halogenated alkanes) is 4. The molecule has 5 rings (SSSR count). The predicted octanol–water partition coefficient (Wildman–Crippen LogP) is 8.45. The number of para-hydroxylation sites is 1. The number of methoxy groups -OCH3 is 1. The summed E-state index contributed by atoms with van der Waals surface area (Å²) in [5.41, 5.74) is 4.32. The van der Waals surface area contributed by atoms with Crippen molar-refractivity contribution in [3.63, 3.8) is 0 Å². The first-order valence-electron chi connectivity index (χ1n) is 13.6. The molecule has 0 saturated heterocycles. The summed E-state index contributed by atoms with van der Waals surface area (Å²) in [5, 5.41) is 13.1. The molecule has 7 nitrogen and oxygen atoms in total. The van der Waals surface area contributed by atoms with E-state index in [1.54, 1.807) is 18.9 Å². The fourth-order valence-electron chi connectivity index (χ4n) is 4.49. The van der Waals surface area contributed by atoms with Gasteiger partial charge in [-0.1, -0.05) is 92.9 Å². The third kappa shape index (κ3) is 6.88. The molecule has 0 radical (unpaired) electrons. The molecule has 1 aromatic heterocycles. The monoisotopic (exact) mass is 620 g/mol. The van der Waals surface area contributed by atoms with E-state index in [1.807, 2.05) is 66.7 Å². The van der Waals surface area contributed by atoms with Gasteiger partial charge in [-0.2, -0.15) is 4.98 Å². The molecule has 0 fully saturated rings. The second-order valence-corrected chi connectivity index (χ2v) is 11.4. The van der Waals surface area contributed by atoms with Crippen LogP contribution in [0.25, 0.3) is 11.3 Å². The lowest BCUT2D eigenvalue weighted by Crippen LogP contribution is -2.17. The molecule has 0 aliphatic carbocycles. The van der Waals surface area contributed by atoms with Crippen LogP contribution in [0.5, 0.6) is 17.4 Å². The molecule has 3 aromatic carbocycles. The van der Waals surface area contributed by atoms with E-state index < -0.39 is 6.23 Å². The topological polar surface area (TPSA) is 78.4 Å². The normalized spacial score (nSPS) is 13.8. The van der Waals surface area contributed by atoms with Crippen LogP contribution in [-0.4, -0.2) is 28.0 Å². The lowest BCUT2D eigenvalue weighted by Gasteiger charge is -2.21. The number of fused-ring (bicyclic) bond motifs is 3. The number of thioether (sulfide) groups is 1. The SMILES string of the molecule is CCCCCCCSc1nnc2c(n1)O[C@H](c1cc(Br)c(OCc3ccccc3)c(OC)c1)Nc1ccccc1-2. The number of nitrogens with zero attached hydrogens (tertiary/aromatic N) is 3. The van der Waals surface area contributed by atoms with Crippen molar-refractivity contribution in [2.24, 2.45) is 0 Å². The van der Waals surface area contributed by atoms with Crippen LogP contribution >= 0.6 is 27.7 Å². The largest absolute Gasteiger partial charge is 0.493 e. The average Bonchev–Trinajstić information content (AvgIpc) is 3.15. The Morgan fingerprint density at radius 2 is 1.77 bits per heavy atom. The van der Waals surface area contributed by atoms with Gasteiger partial charge in [0.15, 0.2) is 23.4 Å². The number of hydrogen-bond donors (Lipinski definition) is 1. The highest BCUT2D eigenvalue weighted by Gasteiger charge is 2.27. The molecule has 1 aliphatic rings. The highest BCUT2D eigenvalue weighted by Crippen LogP contribution is 2.43. The van der Waals surface area contributed by atoms with Crippen molar-refractivity contribution in [3.05, 3.63) is 82.3 Å². The fraction of sp³-hybridized carbons (Fsp3) is 0.323. The van der Waals surface area contributed by atoms with E-state index in [0.29, 0.717) is 34.8 Å². The molecule has 0 unspecified atom stereocenters. The van der Waals surface area contributed by atoms with E-state index in [9.17, 15) is 0 Å². The molecule has 1 atom stereocenters. The van der Waals surface area contributed by atoms with Gasteiger partial charge in [-0.15, -0.1) is 10.2 Å². The Balaban J connectivity index is 1.40. The summed E-state index contributed by atoms with van der Waals surface area (Å²) in [5.74, 6) is 2.64. The van der Waals surface area contributed by atoms with Gasteiger partial charge in [0.1, 0.15) is 6.61 Å². The molecule has 9 heteroatoms. The van der Waals surface area contributed by atoms with E-state index in [1.165, 1.54) is 25.7 Å². The highest BCUT2D eigenvalue weighted by molar-refractivity contribution is 9.10. The van der Waals surface area contributed by atoms with E-state index >= 15 is 0 Å². The molecule has 40 heavy (non-hydrogen) atoms. The van der Waals surface area contributed by atoms with Crippen LogP contribution in [0.3, 0.4) is 0 Å². The van der Waals surface area contributed by atoms with E-state index in [0.717, 1.165) is 39.0 Å². The molecule has 2 heterocycles. The van der Waals surface area contributed by atoms with Crippen LogP contribution in [0.4, 0.5) is 5.69 Å². The lowest BCUT2D eigenvalue weighted by atomic mass is 10.1. The Morgan fingerprint density at radius 3 is 2.60 bits per heavy atom. The zero-order valence-corrected chi connectivity index (χ0v) is 25.1. The van der Waals surface area contributed by atoms with Crippen molar-refractivity contribution in [1.82, 2.24) is 15.2 Å². The molecule has 0 amide bonds. The number of nitrogens with one attached hydrogen (secondary N) is 1. The summed E-state index contributed by atoms with van der Waals surface area (Å²) in [6, 6.07) is 21.9. The van der Waals surface area contributed by atoms with Gasteiger partial charge in [0, 0.05) is 22.6 Å². The maximum absolute atomic E-state index is 6.49. The molecule has 0 saturated carbocycles. The molecule has 1 aliphatic heterocycles. The first-order chi connectivity index (χ1) is 19.7. The quantitative estimate of drug-likeness (QED) is 0.125. The number of halogens is 1. The molecule has 0 bridgehead atoms. The highest BCUT2D eigenvalue weighted by atomic mass is 79.9. The van der Waals surface area contributed by atoms with Gasteiger partial charge in [-0.05, 0) is 46.1 Å². The first kappa shape index (κ1) is 28.2. The van der Waals surface area contributed by atoms with Crippen LogP contribution in [0.2, 0.25) is 0 Å². The molecular weight excluding hydrogens is 588 g/mol. The van der Waals surface area contributed by atoms with Crippen molar-refractivity contribution >= 4 is 33.4 Å². The van der Waals surface area contributed by atoms with E-state index in [-0.39, 0.29) is 0 Å². The number of benzene rings is 3. The third-order valence-electron chi connectivity index (χ3n) is 6.59. The second-order valence-electron chi connectivity index (χ2n) is 9.51. The van der Waals surface area contributed by atoms with Crippen LogP contribution in [0.15, 0.2) is 76.4 Å². The van der Waals surface area contributed by atoms with Crippen LogP contribution in [-0.2, 0) is 6.61 Å². The second kappa shape index (κ2) is 13.9. The summed E-state index contributed by atoms with van der Waals surface area (Å²) in [6.45, 7) is 2.66. The minimum absolute atomic E-state index is 0.426. The number of aromatic nitrogens is 3. The van der Waals surface area contributed by atoms with Crippen molar-refractivity contribution in [1.29, 1.82) is 0 Å². The molecule has 208 valence electrons. The summed E-state index contributed by atoms with van der Waals surface area (Å²) >= 11 is 5.32. The van der Waals surface area contributed by atoms with Gasteiger partial charge in [0.2, 0.25) is 11.0 Å². The molecule has 0 spiro atoms.